The lowest BCUT2D eigenvalue weighted by molar-refractivity contribution is -0.174. The molecule has 0 aromatic heterocycles. The molecule has 36 heavy (non-hydrogen) atoms. The first-order valence-electron chi connectivity index (χ1n) is 11.8. The van der Waals surface area contributed by atoms with Crippen LogP contribution in [0.1, 0.15) is 58.8 Å². The molecule has 1 N–H and O–H groups in total. The average Bonchev–Trinajstić information content (AvgIpc) is 3.49. The van der Waals surface area contributed by atoms with Crippen molar-refractivity contribution in [3.63, 3.8) is 0 Å². The predicted molar refractivity (Wildman–Crippen MR) is 113 cm³/mol. The van der Waals surface area contributed by atoms with Crippen molar-refractivity contribution >= 4 is 34.0 Å². The molecule has 0 spiro atoms. The van der Waals surface area contributed by atoms with Crippen LogP contribution >= 0.6 is 0 Å². The standard InChI is InChI=1S/C22H28F2O11S/c1-10(22(23,24)36(29,30)31)32-13(25)5-6-14(26)33-17-12-9-11-15(19(27)34-18(11)17)16(12)20(28)35-21(2)7-3-4-8-21/h10-12,15-18H,3-9H2,1-2H3,(H,29,30,31). The minimum absolute atomic E-state index is 0.303. The zero-order valence-electron chi connectivity index (χ0n) is 19.7. The Balaban J connectivity index is 1.34. The number of alkyl halides is 2. The predicted octanol–water partition coefficient (Wildman–Crippen LogP) is 1.77. The van der Waals surface area contributed by atoms with Crippen LogP contribution in [0.15, 0.2) is 0 Å². The fourth-order valence-electron chi connectivity index (χ4n) is 5.95. The molecule has 0 radical (unpaired) electrons. The Morgan fingerprint density at radius 1 is 1.17 bits per heavy atom. The number of carbonyl (C=O) groups is 4. The third kappa shape index (κ3) is 4.69. The molecule has 1 aliphatic heterocycles. The van der Waals surface area contributed by atoms with Gasteiger partial charge >= 0.3 is 39.2 Å². The minimum atomic E-state index is -5.81. The van der Waals surface area contributed by atoms with Crippen LogP contribution in [0.2, 0.25) is 0 Å². The van der Waals surface area contributed by atoms with Gasteiger partial charge in [-0.15, -0.1) is 0 Å². The van der Waals surface area contributed by atoms with Crippen LogP contribution in [0.3, 0.4) is 0 Å². The summed E-state index contributed by atoms with van der Waals surface area (Å²) in [6.07, 6.45) is -1.69. The fraction of sp³-hybridized carbons (Fsp3) is 0.818. The third-order valence-corrected chi connectivity index (χ3v) is 8.77. The van der Waals surface area contributed by atoms with E-state index in [1.54, 1.807) is 0 Å². The van der Waals surface area contributed by atoms with Gasteiger partial charge in [0, 0.05) is 11.8 Å². The molecule has 7 atom stereocenters. The van der Waals surface area contributed by atoms with Gasteiger partial charge in [0.25, 0.3) is 0 Å². The summed E-state index contributed by atoms with van der Waals surface area (Å²) < 4.78 is 78.1. The van der Waals surface area contributed by atoms with Gasteiger partial charge in [-0.05, 0) is 46.0 Å². The molecule has 1 saturated heterocycles. The van der Waals surface area contributed by atoms with E-state index in [-0.39, 0.29) is 5.92 Å². The molecule has 4 fully saturated rings. The second-order valence-corrected chi connectivity index (χ2v) is 11.7. The summed E-state index contributed by atoms with van der Waals surface area (Å²) in [5, 5.41) is -4.73. The van der Waals surface area contributed by atoms with Gasteiger partial charge in [0.15, 0.2) is 6.10 Å². The summed E-state index contributed by atoms with van der Waals surface area (Å²) >= 11 is 0. The van der Waals surface area contributed by atoms with Crippen LogP contribution in [-0.4, -0.2) is 66.0 Å². The summed E-state index contributed by atoms with van der Waals surface area (Å²) in [6.45, 7) is 2.43. The van der Waals surface area contributed by atoms with Gasteiger partial charge in [0.2, 0.25) is 0 Å². The zero-order valence-corrected chi connectivity index (χ0v) is 20.5. The smallest absolute Gasteiger partial charge is 0.405 e. The zero-order chi connectivity index (χ0) is 26.6. The summed E-state index contributed by atoms with van der Waals surface area (Å²) in [7, 11) is -5.81. The molecular weight excluding hydrogens is 510 g/mol. The van der Waals surface area contributed by atoms with E-state index in [0.29, 0.717) is 13.3 Å². The Bertz CT molecular complexity index is 1050. The maximum atomic E-state index is 13.5. The molecule has 14 heteroatoms. The largest absolute Gasteiger partial charge is 0.459 e. The molecule has 0 aromatic rings. The van der Waals surface area contributed by atoms with Crippen molar-refractivity contribution in [3.05, 3.63) is 0 Å². The molecule has 11 nitrogen and oxygen atoms in total. The Morgan fingerprint density at radius 3 is 2.39 bits per heavy atom. The molecule has 202 valence electrons. The van der Waals surface area contributed by atoms with Gasteiger partial charge in [-0.25, -0.2) is 0 Å². The monoisotopic (exact) mass is 538 g/mol. The van der Waals surface area contributed by atoms with E-state index in [1.807, 2.05) is 6.92 Å². The minimum Gasteiger partial charge on any atom is -0.459 e. The van der Waals surface area contributed by atoms with Crippen molar-refractivity contribution in [3.8, 4) is 0 Å². The van der Waals surface area contributed by atoms with Crippen LogP contribution in [0.5, 0.6) is 0 Å². The van der Waals surface area contributed by atoms with Crippen LogP contribution < -0.4 is 0 Å². The number of fused-ring (bicyclic) bond motifs is 1. The highest BCUT2D eigenvalue weighted by Gasteiger charge is 2.70. The maximum Gasteiger partial charge on any atom is 0.405 e. The molecule has 2 bridgehead atoms. The Labute approximate surface area is 205 Å². The van der Waals surface area contributed by atoms with Gasteiger partial charge < -0.3 is 18.9 Å². The maximum absolute atomic E-state index is 13.5. The fourth-order valence-corrected chi connectivity index (χ4v) is 6.42. The number of esters is 4. The number of rotatable bonds is 9. The summed E-state index contributed by atoms with van der Waals surface area (Å²) in [5.41, 5.74) is -0.601. The van der Waals surface area contributed by atoms with Crippen LogP contribution in [0, 0.1) is 23.7 Å². The Morgan fingerprint density at radius 2 is 1.78 bits per heavy atom. The normalized spacial score (nSPS) is 33.2. The number of carbonyl (C=O) groups excluding carboxylic acids is 4. The van der Waals surface area contributed by atoms with Crippen LogP contribution in [0.25, 0.3) is 0 Å². The molecule has 4 aliphatic rings. The van der Waals surface area contributed by atoms with Crippen LogP contribution in [0.4, 0.5) is 8.78 Å². The second kappa shape index (κ2) is 9.19. The van der Waals surface area contributed by atoms with E-state index in [2.05, 4.69) is 4.74 Å². The van der Waals surface area contributed by atoms with E-state index in [4.69, 9.17) is 18.8 Å². The van der Waals surface area contributed by atoms with Crippen LogP contribution in [-0.2, 0) is 48.2 Å². The molecule has 7 unspecified atom stereocenters. The number of hydrogen-bond acceptors (Lipinski definition) is 10. The highest BCUT2D eigenvalue weighted by Crippen LogP contribution is 2.59. The van der Waals surface area contributed by atoms with Gasteiger partial charge in [0.05, 0.1) is 24.7 Å². The first kappa shape index (κ1) is 26.7. The number of halogens is 2. The Hall–Kier alpha value is -2.35. The topological polar surface area (TPSA) is 160 Å². The molecule has 3 aliphatic carbocycles. The van der Waals surface area contributed by atoms with E-state index < -0.39 is 93.8 Å². The quantitative estimate of drug-likeness (QED) is 0.259. The van der Waals surface area contributed by atoms with Crippen molar-refractivity contribution in [2.45, 2.75) is 88.0 Å². The molecule has 1 heterocycles. The number of hydrogen-bond donors (Lipinski definition) is 1. The van der Waals surface area contributed by atoms with E-state index >= 15 is 0 Å². The molecule has 4 rings (SSSR count). The highest BCUT2D eigenvalue weighted by atomic mass is 32.2. The SMILES string of the molecule is CC(OC(=O)CCC(=O)OC1C2CC3C1OC(=O)C3C2C(=O)OC1(C)CCCC1)C(F)(F)S(=O)(=O)O. The van der Waals surface area contributed by atoms with Crippen molar-refractivity contribution in [2.75, 3.05) is 0 Å². The second-order valence-electron chi connectivity index (χ2n) is 10.2. The van der Waals surface area contributed by atoms with Crippen molar-refractivity contribution < 1.29 is 59.9 Å². The lowest BCUT2D eigenvalue weighted by Gasteiger charge is -2.33. The average molecular weight is 539 g/mol. The first-order chi connectivity index (χ1) is 16.6. The lowest BCUT2D eigenvalue weighted by atomic mass is 9.78. The van der Waals surface area contributed by atoms with Gasteiger partial charge in [0.1, 0.15) is 17.8 Å². The van der Waals surface area contributed by atoms with Crippen molar-refractivity contribution in [2.24, 2.45) is 23.7 Å². The summed E-state index contributed by atoms with van der Waals surface area (Å²) in [6, 6.07) is 0. The summed E-state index contributed by atoms with van der Waals surface area (Å²) in [5.74, 6) is -5.56. The first-order valence-corrected chi connectivity index (χ1v) is 13.3. The van der Waals surface area contributed by atoms with Crippen molar-refractivity contribution in [1.29, 1.82) is 0 Å². The van der Waals surface area contributed by atoms with E-state index in [1.165, 1.54) is 0 Å². The highest BCUT2D eigenvalue weighted by molar-refractivity contribution is 7.86. The molecule has 0 amide bonds. The van der Waals surface area contributed by atoms with Crippen molar-refractivity contribution in [1.82, 2.24) is 0 Å². The van der Waals surface area contributed by atoms with Gasteiger partial charge in [-0.1, -0.05) is 0 Å². The Kier molecular flexibility index (Phi) is 6.82. The van der Waals surface area contributed by atoms with Gasteiger partial charge in [-0.3, -0.25) is 23.7 Å². The third-order valence-electron chi connectivity index (χ3n) is 7.75. The number of ether oxygens (including phenoxy) is 4. The molecule has 3 saturated carbocycles. The van der Waals surface area contributed by atoms with Gasteiger partial charge in [-0.2, -0.15) is 17.2 Å². The summed E-state index contributed by atoms with van der Waals surface area (Å²) in [4.78, 5) is 49.8. The molecular formula is C22H28F2O11S. The lowest BCUT2D eigenvalue weighted by Crippen LogP contribution is -2.45. The van der Waals surface area contributed by atoms with E-state index in [0.717, 1.165) is 25.7 Å². The van der Waals surface area contributed by atoms with E-state index in [9.17, 15) is 36.4 Å². The molecule has 0 aromatic carbocycles.